The molecule has 4 nitrogen and oxygen atoms in total. The monoisotopic (exact) mass is 261 g/mol. The van der Waals surface area contributed by atoms with Gasteiger partial charge in [0.2, 0.25) is 0 Å². The molecule has 0 bridgehead atoms. The number of nitrogens with zero attached hydrogens (tertiary/aromatic N) is 1. The predicted molar refractivity (Wildman–Crippen MR) is 68.6 cm³/mol. The summed E-state index contributed by atoms with van der Waals surface area (Å²) in [7, 11) is 0. The van der Waals surface area contributed by atoms with Crippen molar-refractivity contribution in [2.24, 2.45) is 0 Å². The molecule has 0 heterocycles. The van der Waals surface area contributed by atoms with Crippen LogP contribution in [-0.4, -0.2) is 4.92 Å². The van der Waals surface area contributed by atoms with Gasteiger partial charge in [0, 0.05) is 6.07 Å². The zero-order chi connectivity index (χ0) is 13.8. The minimum Gasteiger partial charge on any atom is -0.482 e. The number of hydrogen-bond donors (Lipinski definition) is 0. The second-order valence-corrected chi connectivity index (χ2v) is 4.15. The fourth-order valence-corrected chi connectivity index (χ4v) is 1.68. The fraction of sp³-hybridized carbons (Fsp3) is 0.143. The summed E-state index contributed by atoms with van der Waals surface area (Å²) in [6, 6.07) is 10.7. The molecule has 0 aliphatic rings. The molecule has 0 fully saturated rings. The van der Waals surface area contributed by atoms with Crippen LogP contribution in [0.1, 0.15) is 11.1 Å². The Morgan fingerprint density at radius 2 is 2.05 bits per heavy atom. The highest BCUT2D eigenvalue weighted by atomic mass is 19.1. The summed E-state index contributed by atoms with van der Waals surface area (Å²) >= 11 is 0. The summed E-state index contributed by atoms with van der Waals surface area (Å²) < 4.78 is 18.4. The molecule has 0 amide bonds. The lowest BCUT2D eigenvalue weighted by molar-refractivity contribution is -0.386. The van der Waals surface area contributed by atoms with Gasteiger partial charge in [-0.25, -0.2) is 4.39 Å². The molecule has 0 spiro atoms. The highest BCUT2D eigenvalue weighted by Crippen LogP contribution is 2.28. The average Bonchev–Trinajstić information content (AvgIpc) is 2.37. The molecule has 2 rings (SSSR count). The molecule has 0 saturated heterocycles. The van der Waals surface area contributed by atoms with Crippen molar-refractivity contribution >= 4 is 5.69 Å². The zero-order valence-corrected chi connectivity index (χ0v) is 10.3. The van der Waals surface area contributed by atoms with Gasteiger partial charge in [-0.2, -0.15) is 0 Å². The van der Waals surface area contributed by atoms with Gasteiger partial charge in [-0.3, -0.25) is 10.1 Å². The number of rotatable bonds is 4. The van der Waals surface area contributed by atoms with Crippen molar-refractivity contribution in [2.45, 2.75) is 13.5 Å². The first-order chi connectivity index (χ1) is 9.06. The maximum Gasteiger partial charge on any atom is 0.311 e. The Morgan fingerprint density at radius 1 is 1.26 bits per heavy atom. The van der Waals surface area contributed by atoms with Gasteiger partial charge in [0.25, 0.3) is 0 Å². The van der Waals surface area contributed by atoms with Crippen molar-refractivity contribution in [3.05, 3.63) is 69.5 Å². The Hall–Kier alpha value is -2.43. The van der Waals surface area contributed by atoms with E-state index in [1.807, 2.05) is 0 Å². The van der Waals surface area contributed by atoms with Crippen LogP contribution in [0, 0.1) is 22.9 Å². The third kappa shape index (κ3) is 3.28. The molecule has 19 heavy (non-hydrogen) atoms. The largest absolute Gasteiger partial charge is 0.482 e. The predicted octanol–water partition coefficient (Wildman–Crippen LogP) is 3.62. The first kappa shape index (κ1) is 13.0. The van der Waals surface area contributed by atoms with Crippen LogP contribution in [0.3, 0.4) is 0 Å². The molecular formula is C14H12FNO3. The van der Waals surface area contributed by atoms with Crippen molar-refractivity contribution in [1.29, 1.82) is 0 Å². The summed E-state index contributed by atoms with van der Waals surface area (Å²) in [5.74, 6) is -0.181. The molecule has 0 unspecified atom stereocenters. The van der Waals surface area contributed by atoms with E-state index in [1.54, 1.807) is 31.2 Å². The van der Waals surface area contributed by atoms with E-state index < -0.39 is 4.92 Å². The van der Waals surface area contributed by atoms with E-state index in [-0.39, 0.29) is 23.9 Å². The molecule has 98 valence electrons. The number of nitro benzene ring substituents is 1. The van der Waals surface area contributed by atoms with Crippen LogP contribution < -0.4 is 4.74 Å². The van der Waals surface area contributed by atoms with E-state index in [9.17, 15) is 14.5 Å². The molecule has 5 heteroatoms. The Balaban J connectivity index is 2.17. The third-order valence-corrected chi connectivity index (χ3v) is 2.59. The number of ether oxygens (including phenoxy) is 1. The van der Waals surface area contributed by atoms with Crippen molar-refractivity contribution in [1.82, 2.24) is 0 Å². The van der Waals surface area contributed by atoms with Gasteiger partial charge in [-0.15, -0.1) is 0 Å². The highest BCUT2D eigenvalue weighted by molar-refractivity contribution is 5.48. The van der Waals surface area contributed by atoms with E-state index in [4.69, 9.17) is 4.74 Å². The molecule has 0 N–H and O–H groups in total. The molecular weight excluding hydrogens is 249 g/mol. The van der Waals surface area contributed by atoms with Crippen molar-refractivity contribution < 1.29 is 14.1 Å². The van der Waals surface area contributed by atoms with E-state index >= 15 is 0 Å². The lowest BCUT2D eigenvalue weighted by Crippen LogP contribution is -1.99. The van der Waals surface area contributed by atoms with Crippen LogP contribution in [0.25, 0.3) is 0 Å². The van der Waals surface area contributed by atoms with E-state index in [1.165, 1.54) is 18.2 Å². The van der Waals surface area contributed by atoms with Crippen LogP contribution in [-0.2, 0) is 6.61 Å². The summed E-state index contributed by atoms with van der Waals surface area (Å²) in [5, 5.41) is 10.9. The van der Waals surface area contributed by atoms with Gasteiger partial charge in [-0.05, 0) is 36.2 Å². The first-order valence-corrected chi connectivity index (χ1v) is 5.68. The van der Waals surface area contributed by atoms with E-state index in [0.29, 0.717) is 5.56 Å². The van der Waals surface area contributed by atoms with Crippen LogP contribution in [0.2, 0.25) is 0 Å². The maximum absolute atomic E-state index is 13.0. The molecule has 0 atom stereocenters. The molecule has 2 aromatic carbocycles. The lowest BCUT2D eigenvalue weighted by atomic mass is 10.2. The minimum absolute atomic E-state index is 0.0850. The maximum atomic E-state index is 13.0. The summed E-state index contributed by atoms with van der Waals surface area (Å²) in [4.78, 5) is 10.4. The Morgan fingerprint density at radius 3 is 2.74 bits per heavy atom. The van der Waals surface area contributed by atoms with Crippen LogP contribution in [0.5, 0.6) is 5.75 Å². The second kappa shape index (κ2) is 5.48. The van der Waals surface area contributed by atoms with Gasteiger partial charge in [0.15, 0.2) is 5.75 Å². The van der Waals surface area contributed by atoms with Crippen molar-refractivity contribution in [2.75, 3.05) is 0 Å². The Kier molecular flexibility index (Phi) is 3.75. The average molecular weight is 261 g/mol. The van der Waals surface area contributed by atoms with Crippen molar-refractivity contribution in [3.8, 4) is 5.75 Å². The fourth-order valence-electron chi connectivity index (χ4n) is 1.68. The Bertz CT molecular complexity index is 613. The first-order valence-electron chi connectivity index (χ1n) is 5.68. The number of nitro groups is 1. The van der Waals surface area contributed by atoms with Gasteiger partial charge in [0.1, 0.15) is 12.4 Å². The molecule has 2 aromatic rings. The SMILES string of the molecule is Cc1ccc(OCc2cccc(F)c2)c([N+](=O)[O-])c1. The topological polar surface area (TPSA) is 52.4 Å². The van der Waals surface area contributed by atoms with Crippen LogP contribution >= 0.6 is 0 Å². The van der Waals surface area contributed by atoms with Crippen molar-refractivity contribution in [3.63, 3.8) is 0 Å². The van der Waals surface area contributed by atoms with E-state index in [0.717, 1.165) is 5.56 Å². The van der Waals surface area contributed by atoms with Crippen LogP contribution in [0.15, 0.2) is 42.5 Å². The molecule has 0 aromatic heterocycles. The number of halogens is 1. The molecule has 0 aliphatic carbocycles. The van der Waals surface area contributed by atoms with Crippen LogP contribution in [0.4, 0.5) is 10.1 Å². The number of hydrogen-bond acceptors (Lipinski definition) is 3. The summed E-state index contributed by atoms with van der Waals surface area (Å²) in [6.45, 7) is 1.85. The van der Waals surface area contributed by atoms with Gasteiger partial charge in [-0.1, -0.05) is 18.2 Å². The second-order valence-electron chi connectivity index (χ2n) is 4.15. The molecule has 0 saturated carbocycles. The minimum atomic E-state index is -0.492. The number of benzene rings is 2. The number of aryl methyl sites for hydroxylation is 1. The Labute approximate surface area is 109 Å². The molecule has 0 radical (unpaired) electrons. The normalized spacial score (nSPS) is 10.2. The third-order valence-electron chi connectivity index (χ3n) is 2.59. The van der Waals surface area contributed by atoms with Gasteiger partial charge >= 0.3 is 5.69 Å². The molecule has 0 aliphatic heterocycles. The lowest BCUT2D eigenvalue weighted by Gasteiger charge is -2.07. The summed E-state index contributed by atoms with van der Waals surface area (Å²) in [5.41, 5.74) is 1.32. The zero-order valence-electron chi connectivity index (χ0n) is 10.3. The van der Waals surface area contributed by atoms with Gasteiger partial charge < -0.3 is 4.74 Å². The summed E-state index contributed by atoms with van der Waals surface area (Å²) in [6.07, 6.45) is 0. The standard InChI is InChI=1S/C14H12FNO3/c1-10-5-6-14(13(7-10)16(17)18)19-9-11-3-2-4-12(15)8-11/h2-8H,9H2,1H3. The van der Waals surface area contributed by atoms with E-state index in [2.05, 4.69) is 0 Å². The smallest absolute Gasteiger partial charge is 0.311 e. The highest BCUT2D eigenvalue weighted by Gasteiger charge is 2.15. The van der Waals surface area contributed by atoms with Gasteiger partial charge in [0.05, 0.1) is 4.92 Å². The quantitative estimate of drug-likeness (QED) is 0.624.